The van der Waals surface area contributed by atoms with E-state index in [1.54, 1.807) is 12.2 Å². The van der Waals surface area contributed by atoms with Crippen LogP contribution >= 0.6 is 15.6 Å². The van der Waals surface area contributed by atoms with Crippen LogP contribution in [0.3, 0.4) is 0 Å². The predicted molar refractivity (Wildman–Crippen MR) is 281 cm³/mol. The fraction of sp³-hybridized carbons (Fsp3) is 0.654. The quantitative estimate of drug-likeness (QED) is 0.0117. The summed E-state index contributed by atoms with van der Waals surface area (Å²) in [4.78, 5) is 61.9. The van der Waals surface area contributed by atoms with Crippen molar-refractivity contribution in [1.29, 1.82) is 0 Å². The molecule has 7 N–H and O–H groups in total. The number of aliphatic hydroxyl groups is 3. The van der Waals surface area contributed by atoms with E-state index >= 15 is 0 Å². The van der Waals surface area contributed by atoms with Gasteiger partial charge in [0.05, 0.1) is 19.3 Å². The van der Waals surface area contributed by atoms with Crippen molar-refractivity contribution in [2.75, 3.05) is 25.6 Å². The van der Waals surface area contributed by atoms with Gasteiger partial charge in [0, 0.05) is 19.0 Å². The van der Waals surface area contributed by atoms with Gasteiger partial charge in [-0.25, -0.2) is 13.9 Å². The zero-order valence-corrected chi connectivity index (χ0v) is 44.8. The lowest BCUT2D eigenvalue weighted by Crippen LogP contribution is -2.36. The summed E-state index contributed by atoms with van der Waals surface area (Å²) in [7, 11) is -10.9. The van der Waals surface area contributed by atoms with Gasteiger partial charge in [-0.1, -0.05) is 177 Å². The Morgan fingerprint density at radius 1 is 0.740 bits per heavy atom. The molecule has 414 valence electrons. The number of ether oxygens (including phenoxy) is 3. The first-order valence-electron chi connectivity index (χ1n) is 26.1. The first-order valence-corrected chi connectivity index (χ1v) is 29.0. The molecule has 1 saturated heterocycles. The second kappa shape index (κ2) is 39.6. The number of phosphoric acid groups is 2. The molecule has 1 aromatic rings. The molecule has 2 rings (SSSR count). The number of aromatic nitrogens is 2. The van der Waals surface area contributed by atoms with Crippen molar-refractivity contribution in [3.8, 4) is 0 Å². The first-order chi connectivity index (χ1) is 35.1. The Labute approximate surface area is 432 Å². The van der Waals surface area contributed by atoms with Crippen molar-refractivity contribution in [2.45, 2.75) is 198 Å². The molecule has 1 fully saturated rings. The van der Waals surface area contributed by atoms with Gasteiger partial charge in [-0.15, -0.1) is 0 Å². The summed E-state index contributed by atoms with van der Waals surface area (Å²) < 4.78 is 56.7. The molecule has 0 amide bonds. The maximum Gasteiger partial charge on any atom is 0.481 e. The standard InChI is InChI=1S/C52H85N3O16P2/c1-3-5-7-9-11-12-13-14-15-16-17-21-24-28-32-36-47(57)66-40-44(69-48(58)37-33-29-25-22-19-18-20-23-27-31-35-43(56)34-30-26-10-8-6-4-2)41-67-72(62,63)71-73(64,65)68-42-45-49(59)50(60)51(70-45)55-39-38-46(53)54-52(55)61/h6,8,18-19,23,25-27,29-31,35,38-39,43-45,49-51,56,59-60H,3-5,7,9-17,20-22,24,28,32-34,36-37,40-42H2,1-2H3,(H,62,63)(H,64,65)(H2,53,54,61)/b8-6-,19-18-,27-23-,29-25-,30-26-,35-31+/t43?,44-,45-,49-,50-,51-/m1/s1. The summed E-state index contributed by atoms with van der Waals surface area (Å²) in [5, 5.41) is 31.0. The molecule has 1 aliphatic rings. The van der Waals surface area contributed by atoms with Crippen molar-refractivity contribution in [2.24, 2.45) is 0 Å². The minimum absolute atomic E-state index is 0.0997. The third-order valence-corrected chi connectivity index (χ3v) is 14.0. The first kappa shape index (κ1) is 65.3. The lowest BCUT2D eigenvalue weighted by Gasteiger charge is -2.21. The smallest absolute Gasteiger partial charge is 0.462 e. The molecular formula is C52H85N3O16P2. The molecule has 3 unspecified atom stereocenters. The van der Waals surface area contributed by atoms with Crippen molar-refractivity contribution in [3.63, 3.8) is 0 Å². The van der Waals surface area contributed by atoms with Crippen LogP contribution in [0.15, 0.2) is 90.0 Å². The number of carbonyl (C=O) groups is 2. The van der Waals surface area contributed by atoms with Gasteiger partial charge < -0.3 is 45.1 Å². The number of aliphatic hydroxyl groups excluding tert-OH is 3. The molecule has 73 heavy (non-hydrogen) atoms. The second-order valence-electron chi connectivity index (χ2n) is 17.8. The SMILES string of the molecule is CC/C=C\C/C=C\CC(O)/C=C/C=C\C/C=C\C/C=C\CCC(=O)O[C@H](COC(=O)CCCCCCCCCCCCCCCCC)COP(=O)(O)OP(=O)(O)OC[C@H]1O[C@@H](n2ccc(N)nc2=O)[C@H](O)[C@@H]1O. The summed E-state index contributed by atoms with van der Waals surface area (Å²) in [5.74, 6) is -1.43. The largest absolute Gasteiger partial charge is 0.481 e. The summed E-state index contributed by atoms with van der Waals surface area (Å²) in [6, 6.07) is 1.24. The van der Waals surface area contributed by atoms with Gasteiger partial charge in [-0.3, -0.25) is 23.2 Å². The number of nitrogen functional groups attached to an aromatic ring is 1. The number of hydrogen-bond donors (Lipinski definition) is 6. The van der Waals surface area contributed by atoms with Crippen LogP contribution in [0, 0.1) is 0 Å². The van der Waals surface area contributed by atoms with E-state index in [9.17, 15) is 48.6 Å². The number of hydrogen-bond acceptors (Lipinski definition) is 16. The highest BCUT2D eigenvalue weighted by atomic mass is 31.3. The second-order valence-corrected chi connectivity index (χ2v) is 20.9. The zero-order chi connectivity index (χ0) is 53.6. The van der Waals surface area contributed by atoms with E-state index < -0.39 is 89.8 Å². The van der Waals surface area contributed by atoms with Gasteiger partial charge in [-0.2, -0.15) is 9.29 Å². The van der Waals surface area contributed by atoms with Gasteiger partial charge in [0.25, 0.3) is 0 Å². The summed E-state index contributed by atoms with van der Waals surface area (Å²) >= 11 is 0. The number of nitrogens with two attached hydrogens (primary N) is 1. The molecule has 1 aromatic heterocycles. The van der Waals surface area contributed by atoms with Crippen molar-refractivity contribution in [3.05, 3.63) is 95.7 Å². The van der Waals surface area contributed by atoms with E-state index in [2.05, 4.69) is 35.3 Å². The van der Waals surface area contributed by atoms with E-state index in [1.807, 2.05) is 48.6 Å². The lowest BCUT2D eigenvalue weighted by atomic mass is 10.0. The average molecular weight is 1070 g/mol. The molecule has 2 heterocycles. The van der Waals surface area contributed by atoms with E-state index in [1.165, 1.54) is 70.3 Å². The van der Waals surface area contributed by atoms with Crippen LogP contribution in [-0.4, -0.2) is 96.9 Å². The molecular weight excluding hydrogens is 985 g/mol. The Kier molecular flexibility index (Phi) is 35.4. The number of rotatable bonds is 42. The average Bonchev–Trinajstić information content (AvgIpc) is 3.62. The van der Waals surface area contributed by atoms with E-state index in [0.29, 0.717) is 25.7 Å². The molecule has 21 heteroatoms. The number of carbonyl (C=O) groups excluding carboxylic acids is 2. The Morgan fingerprint density at radius 2 is 1.32 bits per heavy atom. The van der Waals surface area contributed by atoms with Crippen molar-refractivity contribution < 1.29 is 71.4 Å². The predicted octanol–water partition coefficient (Wildman–Crippen LogP) is 9.86. The maximum atomic E-state index is 12.9. The third kappa shape index (κ3) is 32.3. The topological polar surface area (TPSA) is 286 Å². The fourth-order valence-corrected chi connectivity index (χ4v) is 9.47. The minimum atomic E-state index is -5.45. The number of anilines is 1. The minimum Gasteiger partial charge on any atom is -0.462 e. The van der Waals surface area contributed by atoms with E-state index in [-0.39, 0.29) is 25.1 Å². The Hall–Kier alpha value is -3.84. The van der Waals surface area contributed by atoms with E-state index in [0.717, 1.165) is 49.3 Å². The number of phosphoric ester groups is 2. The summed E-state index contributed by atoms with van der Waals surface area (Å²) in [5.41, 5.74) is 4.58. The van der Waals surface area contributed by atoms with Gasteiger partial charge in [0.1, 0.15) is 30.7 Å². The van der Waals surface area contributed by atoms with Crippen LogP contribution in [0.5, 0.6) is 0 Å². The van der Waals surface area contributed by atoms with E-state index in [4.69, 9.17) is 29.0 Å². The van der Waals surface area contributed by atoms with Gasteiger partial charge in [-0.05, 0) is 51.0 Å². The number of allylic oxidation sites excluding steroid dienone is 10. The number of nitrogens with zero attached hydrogens (tertiary/aromatic N) is 2. The fourth-order valence-electron chi connectivity index (χ4n) is 7.36. The maximum absolute atomic E-state index is 12.9. The van der Waals surface area contributed by atoms with Crippen LogP contribution in [-0.2, 0) is 46.3 Å². The molecule has 0 spiro atoms. The van der Waals surface area contributed by atoms with Crippen LogP contribution in [0.1, 0.15) is 168 Å². The van der Waals surface area contributed by atoms with Crippen LogP contribution in [0.25, 0.3) is 0 Å². The van der Waals surface area contributed by atoms with Crippen molar-refractivity contribution >= 4 is 33.4 Å². The van der Waals surface area contributed by atoms with Gasteiger partial charge in [0.15, 0.2) is 12.3 Å². The summed E-state index contributed by atoms with van der Waals surface area (Å²) in [6.07, 6.45) is 37.3. The Bertz CT molecular complexity index is 2020. The third-order valence-electron chi connectivity index (χ3n) is 11.4. The zero-order valence-electron chi connectivity index (χ0n) is 43.0. The molecule has 0 radical (unpaired) electrons. The van der Waals surface area contributed by atoms with Crippen LogP contribution < -0.4 is 11.4 Å². The molecule has 1 aliphatic heterocycles. The Morgan fingerprint density at radius 3 is 1.95 bits per heavy atom. The van der Waals surface area contributed by atoms with Crippen LogP contribution in [0.4, 0.5) is 5.82 Å². The molecule has 8 atom stereocenters. The molecule has 0 saturated carbocycles. The van der Waals surface area contributed by atoms with Gasteiger partial charge in [0.2, 0.25) is 0 Å². The number of unbranched alkanes of at least 4 members (excludes halogenated alkanes) is 14. The highest BCUT2D eigenvalue weighted by Gasteiger charge is 2.46. The molecule has 0 bridgehead atoms. The Balaban J connectivity index is 1.84. The highest BCUT2D eigenvalue weighted by Crippen LogP contribution is 2.60. The van der Waals surface area contributed by atoms with Gasteiger partial charge >= 0.3 is 33.3 Å². The molecule has 0 aromatic carbocycles. The summed E-state index contributed by atoms with van der Waals surface area (Å²) in [6.45, 7) is 1.90. The lowest BCUT2D eigenvalue weighted by molar-refractivity contribution is -0.161. The number of esters is 2. The normalized spacial score (nSPS) is 20.0. The van der Waals surface area contributed by atoms with Crippen LogP contribution in [0.2, 0.25) is 0 Å². The van der Waals surface area contributed by atoms with Crippen molar-refractivity contribution in [1.82, 2.24) is 9.55 Å². The molecule has 0 aliphatic carbocycles. The monoisotopic (exact) mass is 1070 g/mol. The highest BCUT2D eigenvalue weighted by molar-refractivity contribution is 7.61. The molecule has 19 nitrogen and oxygen atoms in total.